The van der Waals surface area contributed by atoms with Crippen LogP contribution in [0.2, 0.25) is 5.02 Å². The zero-order valence-electron chi connectivity index (χ0n) is 25.7. The molecule has 0 saturated heterocycles. The second kappa shape index (κ2) is 13.0. The van der Waals surface area contributed by atoms with Crippen molar-refractivity contribution in [1.82, 2.24) is 9.88 Å². The molecular weight excluding hydrogens is 548 g/mol. The van der Waals surface area contributed by atoms with E-state index >= 15 is 0 Å². The number of halogens is 1. The summed E-state index contributed by atoms with van der Waals surface area (Å²) in [5, 5.41) is 4.63. The number of nitrogens with one attached hydrogen (secondary N) is 1. The molecule has 0 bridgehead atoms. The number of hydrogen-bond acceptors (Lipinski definition) is 4. The first-order valence-electron chi connectivity index (χ1n) is 14.4. The van der Waals surface area contributed by atoms with E-state index in [-0.39, 0.29) is 17.9 Å². The van der Waals surface area contributed by atoms with Gasteiger partial charge in [0, 0.05) is 34.6 Å². The lowest BCUT2D eigenvalue weighted by atomic mass is 9.98. The Labute approximate surface area is 254 Å². The Morgan fingerprint density at radius 3 is 2.31 bits per heavy atom. The fraction of sp³-hybridized carbons (Fsp3) is 0.371. The molecule has 0 aliphatic carbocycles. The lowest BCUT2D eigenvalue weighted by molar-refractivity contribution is -0.150. The fourth-order valence-corrected chi connectivity index (χ4v) is 5.34. The average molecular weight is 589 g/mol. The number of rotatable bonds is 10. The zero-order chi connectivity index (χ0) is 30.7. The summed E-state index contributed by atoms with van der Waals surface area (Å²) >= 11 is 6.45. The summed E-state index contributed by atoms with van der Waals surface area (Å²) in [6.45, 7) is 14.9. The monoisotopic (exact) mass is 588 g/mol. The van der Waals surface area contributed by atoms with Crippen molar-refractivity contribution in [1.29, 1.82) is 0 Å². The molecule has 4 rings (SSSR count). The largest absolute Gasteiger partial charge is 0.477 e. The van der Waals surface area contributed by atoms with Crippen molar-refractivity contribution in [3.63, 3.8) is 0 Å². The van der Waals surface area contributed by atoms with Gasteiger partial charge in [0.2, 0.25) is 0 Å². The molecule has 0 spiro atoms. The third-order valence-electron chi connectivity index (χ3n) is 7.96. The number of carbonyl (C=O) groups is 2. The number of amides is 1. The molecule has 0 fully saturated rings. The number of benzene rings is 3. The van der Waals surface area contributed by atoms with Crippen LogP contribution in [0.4, 0.5) is 0 Å². The second-order valence-corrected chi connectivity index (χ2v) is 12.0. The lowest BCUT2D eigenvalue weighted by Crippen LogP contribution is -2.33. The molecule has 2 atom stereocenters. The zero-order valence-corrected chi connectivity index (χ0v) is 26.5. The smallest absolute Gasteiger partial charge is 0.347 e. The lowest BCUT2D eigenvalue weighted by Gasteiger charge is -2.21. The average Bonchev–Trinajstić information content (AvgIpc) is 3.20. The third kappa shape index (κ3) is 6.65. The van der Waals surface area contributed by atoms with E-state index in [1.54, 1.807) is 6.07 Å². The van der Waals surface area contributed by atoms with Crippen molar-refractivity contribution in [3.8, 4) is 5.75 Å². The molecule has 7 heteroatoms. The number of fused-ring (bicyclic) bond motifs is 1. The molecule has 1 heterocycles. The van der Waals surface area contributed by atoms with Crippen molar-refractivity contribution in [2.75, 3.05) is 7.11 Å². The number of hydrogen-bond donors (Lipinski definition) is 1. The van der Waals surface area contributed by atoms with Crippen molar-refractivity contribution < 1.29 is 19.1 Å². The van der Waals surface area contributed by atoms with Crippen LogP contribution < -0.4 is 10.1 Å². The number of aryl methyl sites for hydroxylation is 1. The van der Waals surface area contributed by atoms with E-state index in [4.69, 9.17) is 21.1 Å². The van der Waals surface area contributed by atoms with E-state index in [9.17, 15) is 9.59 Å². The molecule has 0 aliphatic heterocycles. The minimum Gasteiger partial charge on any atom is -0.477 e. The van der Waals surface area contributed by atoms with Crippen LogP contribution in [0.5, 0.6) is 5.75 Å². The minimum absolute atomic E-state index is 0.0879. The van der Waals surface area contributed by atoms with Gasteiger partial charge in [0.05, 0.1) is 18.2 Å². The number of esters is 1. The summed E-state index contributed by atoms with van der Waals surface area (Å²) in [5.41, 5.74) is 7.20. The number of methoxy groups -OCH3 is 1. The van der Waals surface area contributed by atoms with Gasteiger partial charge in [-0.25, -0.2) is 4.79 Å². The quantitative estimate of drug-likeness (QED) is 0.190. The minimum atomic E-state index is -0.759. The first-order valence-corrected chi connectivity index (χ1v) is 14.8. The topological polar surface area (TPSA) is 69.6 Å². The Morgan fingerprint density at radius 2 is 1.64 bits per heavy atom. The molecule has 222 valence electrons. The van der Waals surface area contributed by atoms with Crippen molar-refractivity contribution >= 4 is 34.4 Å². The summed E-state index contributed by atoms with van der Waals surface area (Å²) in [7, 11) is 1.35. The maximum atomic E-state index is 13.3. The van der Waals surface area contributed by atoms with Crippen LogP contribution >= 0.6 is 11.6 Å². The predicted octanol–water partition coefficient (Wildman–Crippen LogP) is 8.15. The molecule has 0 aliphatic rings. The second-order valence-electron chi connectivity index (χ2n) is 11.6. The van der Waals surface area contributed by atoms with E-state index in [1.165, 1.54) is 12.7 Å². The van der Waals surface area contributed by atoms with Gasteiger partial charge in [-0.05, 0) is 79.3 Å². The molecule has 6 nitrogen and oxygen atoms in total. The molecule has 0 saturated carbocycles. The van der Waals surface area contributed by atoms with Gasteiger partial charge in [-0.1, -0.05) is 69.6 Å². The number of nitrogens with zero attached hydrogens (tertiary/aromatic N) is 1. The molecule has 4 aromatic rings. The van der Waals surface area contributed by atoms with Gasteiger partial charge in [-0.3, -0.25) is 4.79 Å². The molecule has 1 amide bonds. The van der Waals surface area contributed by atoms with Crippen LogP contribution in [0.3, 0.4) is 0 Å². The summed E-state index contributed by atoms with van der Waals surface area (Å²) in [6.07, 6.45) is -0.759. The number of ether oxygens (including phenoxy) is 2. The number of aromatic nitrogens is 1. The van der Waals surface area contributed by atoms with Gasteiger partial charge in [0.15, 0.2) is 6.10 Å². The van der Waals surface area contributed by atoms with Gasteiger partial charge in [-0.2, -0.15) is 0 Å². The van der Waals surface area contributed by atoms with Gasteiger partial charge < -0.3 is 19.4 Å². The maximum Gasteiger partial charge on any atom is 0.347 e. The summed E-state index contributed by atoms with van der Waals surface area (Å²) < 4.78 is 13.2. The van der Waals surface area contributed by atoms with Crippen LogP contribution in [-0.4, -0.2) is 29.7 Å². The van der Waals surface area contributed by atoms with Crippen molar-refractivity contribution in [3.05, 3.63) is 99.2 Å². The van der Waals surface area contributed by atoms with Crippen LogP contribution in [0.15, 0.2) is 60.7 Å². The van der Waals surface area contributed by atoms with E-state index < -0.39 is 12.1 Å². The molecule has 0 radical (unpaired) electrons. The Bertz CT molecular complexity index is 1600. The van der Waals surface area contributed by atoms with Gasteiger partial charge in [0.1, 0.15) is 5.75 Å². The van der Waals surface area contributed by atoms with Crippen LogP contribution in [0.25, 0.3) is 10.9 Å². The van der Waals surface area contributed by atoms with Crippen LogP contribution in [-0.2, 0) is 16.1 Å². The van der Waals surface area contributed by atoms with Crippen molar-refractivity contribution in [2.24, 2.45) is 5.92 Å². The van der Waals surface area contributed by atoms with E-state index in [1.807, 2.05) is 57.2 Å². The van der Waals surface area contributed by atoms with E-state index in [0.717, 1.165) is 33.3 Å². The van der Waals surface area contributed by atoms with E-state index in [2.05, 4.69) is 55.8 Å². The van der Waals surface area contributed by atoms with Crippen molar-refractivity contribution in [2.45, 2.75) is 73.1 Å². The Balaban J connectivity index is 1.58. The van der Waals surface area contributed by atoms with E-state index in [0.29, 0.717) is 28.8 Å². The number of carbonyl (C=O) groups excluding carboxylic acids is 2. The molecule has 42 heavy (non-hydrogen) atoms. The predicted molar refractivity (Wildman–Crippen MR) is 170 cm³/mol. The molecule has 0 unspecified atom stereocenters. The summed E-state index contributed by atoms with van der Waals surface area (Å²) in [5.74, 6) is 0.238. The Morgan fingerprint density at radius 1 is 0.929 bits per heavy atom. The third-order valence-corrected chi connectivity index (χ3v) is 8.27. The molecule has 3 aromatic carbocycles. The maximum absolute atomic E-state index is 13.3. The normalized spacial score (nSPS) is 12.9. The standard InChI is InChI=1S/C35H41ClN2O4/c1-20(2)26-10-9-11-27(17-26)23(6)37-34(39)28-13-15-31-29(18-28)22(5)24(7)38(31)19-25-12-14-30(36)32(16-25)42-33(21(3)4)35(40)41-8/h9-18,20-21,23,33H,19H2,1-8H3,(H,37,39)/t23-,33-/m0/s1. The molecule has 1 N–H and O–H groups in total. The Hall–Kier alpha value is -3.77. The van der Waals surface area contributed by atoms with Crippen LogP contribution in [0.1, 0.15) is 84.9 Å². The highest BCUT2D eigenvalue weighted by Gasteiger charge is 2.26. The SMILES string of the molecule is COC(=O)[C@@H](Oc1cc(Cn2c(C)c(C)c3cc(C(=O)N[C@@H](C)c4cccc(C(C)C)c4)ccc32)ccc1Cl)C(C)C. The molecule has 1 aromatic heterocycles. The van der Waals surface area contributed by atoms with Gasteiger partial charge >= 0.3 is 5.97 Å². The first kappa shape index (κ1) is 31.2. The molecular formula is C35H41ClN2O4. The highest BCUT2D eigenvalue weighted by molar-refractivity contribution is 6.32. The fourth-order valence-electron chi connectivity index (χ4n) is 5.17. The van der Waals surface area contributed by atoms with Gasteiger partial charge in [-0.15, -0.1) is 0 Å². The van der Waals surface area contributed by atoms with Crippen LogP contribution in [0, 0.1) is 19.8 Å². The summed E-state index contributed by atoms with van der Waals surface area (Å²) in [6, 6.07) is 19.7. The Kier molecular flexibility index (Phi) is 9.67. The highest BCUT2D eigenvalue weighted by atomic mass is 35.5. The summed E-state index contributed by atoms with van der Waals surface area (Å²) in [4.78, 5) is 25.5. The highest BCUT2D eigenvalue weighted by Crippen LogP contribution is 2.31. The van der Waals surface area contributed by atoms with Gasteiger partial charge in [0.25, 0.3) is 5.91 Å². The first-order chi connectivity index (χ1) is 19.9.